The SMILES string of the molecule is CCOC(=O)NCC1CN(c2ccc(OC)c(OC)c2)C(=O)O1. The minimum atomic E-state index is -0.534. The van der Waals surface area contributed by atoms with Gasteiger partial charge in [0.15, 0.2) is 11.5 Å². The van der Waals surface area contributed by atoms with E-state index in [4.69, 9.17) is 18.9 Å². The largest absolute Gasteiger partial charge is 0.493 e. The standard InChI is InChI=1S/C15H20N2O6/c1-4-22-14(18)16-8-11-9-17(15(19)23-11)10-5-6-12(20-2)13(7-10)21-3/h5-7,11H,4,8-9H2,1-3H3,(H,16,18). The number of alkyl carbamates (subject to hydrolysis) is 1. The molecular weight excluding hydrogens is 304 g/mol. The molecular formula is C15H20N2O6. The molecule has 1 heterocycles. The lowest BCUT2D eigenvalue weighted by molar-refractivity contribution is 0.127. The molecule has 126 valence electrons. The quantitative estimate of drug-likeness (QED) is 0.858. The maximum atomic E-state index is 12.0. The van der Waals surface area contributed by atoms with Crippen LogP contribution in [-0.4, -0.2) is 52.2 Å². The number of nitrogens with zero attached hydrogens (tertiary/aromatic N) is 1. The van der Waals surface area contributed by atoms with Crippen molar-refractivity contribution < 1.29 is 28.5 Å². The Bertz CT molecular complexity index is 577. The molecule has 1 aliphatic heterocycles. The summed E-state index contributed by atoms with van der Waals surface area (Å²) in [6.07, 6.45) is -1.46. The Labute approximate surface area is 134 Å². The number of rotatable bonds is 6. The van der Waals surface area contributed by atoms with E-state index in [2.05, 4.69) is 5.32 Å². The van der Waals surface area contributed by atoms with Gasteiger partial charge in [-0.3, -0.25) is 4.90 Å². The number of anilines is 1. The van der Waals surface area contributed by atoms with Gasteiger partial charge in [-0.15, -0.1) is 0 Å². The number of methoxy groups -OCH3 is 2. The summed E-state index contributed by atoms with van der Waals surface area (Å²) < 4.78 is 20.4. The molecule has 1 N–H and O–H groups in total. The summed E-state index contributed by atoms with van der Waals surface area (Å²) in [7, 11) is 3.06. The van der Waals surface area contributed by atoms with Crippen molar-refractivity contribution >= 4 is 17.9 Å². The van der Waals surface area contributed by atoms with E-state index in [0.717, 1.165) is 0 Å². The van der Waals surface area contributed by atoms with E-state index in [0.29, 0.717) is 23.7 Å². The van der Waals surface area contributed by atoms with Crippen LogP contribution in [0.5, 0.6) is 11.5 Å². The molecule has 2 rings (SSSR count). The topological polar surface area (TPSA) is 86.3 Å². The summed E-state index contributed by atoms with van der Waals surface area (Å²) >= 11 is 0. The molecule has 1 aromatic carbocycles. The molecule has 1 saturated heterocycles. The Morgan fingerprint density at radius 1 is 1.35 bits per heavy atom. The highest BCUT2D eigenvalue weighted by atomic mass is 16.6. The van der Waals surface area contributed by atoms with E-state index in [1.807, 2.05) is 0 Å². The first-order valence-corrected chi connectivity index (χ1v) is 7.19. The average Bonchev–Trinajstić information content (AvgIpc) is 2.93. The number of hydrogen-bond donors (Lipinski definition) is 1. The molecule has 0 radical (unpaired) electrons. The minimum absolute atomic E-state index is 0.189. The number of benzene rings is 1. The third-order valence-corrected chi connectivity index (χ3v) is 3.30. The van der Waals surface area contributed by atoms with E-state index >= 15 is 0 Å². The maximum absolute atomic E-state index is 12.0. The van der Waals surface area contributed by atoms with Crippen molar-refractivity contribution in [1.29, 1.82) is 0 Å². The van der Waals surface area contributed by atoms with Crippen molar-refractivity contribution in [2.45, 2.75) is 13.0 Å². The smallest absolute Gasteiger partial charge is 0.414 e. The Kier molecular flexibility index (Phi) is 5.51. The van der Waals surface area contributed by atoms with Gasteiger partial charge in [-0.05, 0) is 19.1 Å². The molecule has 2 amide bonds. The fraction of sp³-hybridized carbons (Fsp3) is 0.467. The lowest BCUT2D eigenvalue weighted by Gasteiger charge is -2.15. The van der Waals surface area contributed by atoms with Gasteiger partial charge in [0.2, 0.25) is 0 Å². The molecule has 23 heavy (non-hydrogen) atoms. The summed E-state index contributed by atoms with van der Waals surface area (Å²) in [6, 6.07) is 5.15. The van der Waals surface area contributed by atoms with Crippen LogP contribution in [0.4, 0.5) is 15.3 Å². The van der Waals surface area contributed by atoms with Gasteiger partial charge in [0.05, 0.1) is 39.6 Å². The molecule has 0 saturated carbocycles. The third-order valence-electron chi connectivity index (χ3n) is 3.30. The fourth-order valence-electron chi connectivity index (χ4n) is 2.21. The van der Waals surface area contributed by atoms with Gasteiger partial charge in [0, 0.05) is 6.07 Å². The van der Waals surface area contributed by atoms with Crippen LogP contribution in [0, 0.1) is 0 Å². The van der Waals surface area contributed by atoms with Gasteiger partial charge >= 0.3 is 12.2 Å². The first-order valence-electron chi connectivity index (χ1n) is 7.19. The zero-order valence-corrected chi connectivity index (χ0v) is 13.3. The monoisotopic (exact) mass is 324 g/mol. The molecule has 1 aromatic rings. The van der Waals surface area contributed by atoms with Crippen molar-refractivity contribution in [3.8, 4) is 11.5 Å². The van der Waals surface area contributed by atoms with Crippen LogP contribution in [0.1, 0.15) is 6.92 Å². The molecule has 0 aromatic heterocycles. The highest BCUT2D eigenvalue weighted by Crippen LogP contribution is 2.33. The normalized spacial score (nSPS) is 16.7. The van der Waals surface area contributed by atoms with E-state index in [1.165, 1.54) is 12.0 Å². The van der Waals surface area contributed by atoms with Crippen molar-refractivity contribution in [1.82, 2.24) is 5.32 Å². The third kappa shape index (κ3) is 3.97. The van der Waals surface area contributed by atoms with Gasteiger partial charge in [0.25, 0.3) is 0 Å². The Hall–Kier alpha value is -2.64. The maximum Gasteiger partial charge on any atom is 0.414 e. The molecule has 1 aliphatic rings. The highest BCUT2D eigenvalue weighted by molar-refractivity contribution is 5.90. The van der Waals surface area contributed by atoms with Crippen LogP contribution >= 0.6 is 0 Å². The van der Waals surface area contributed by atoms with Crippen LogP contribution < -0.4 is 19.7 Å². The summed E-state index contributed by atoms with van der Waals surface area (Å²) in [5.74, 6) is 1.09. The van der Waals surface area contributed by atoms with Crippen LogP contribution in [0.2, 0.25) is 0 Å². The molecule has 0 aliphatic carbocycles. The average molecular weight is 324 g/mol. The summed E-state index contributed by atoms with van der Waals surface area (Å²) in [5, 5.41) is 2.55. The Morgan fingerprint density at radius 3 is 2.74 bits per heavy atom. The van der Waals surface area contributed by atoms with Gasteiger partial charge in [-0.2, -0.15) is 0 Å². The number of ether oxygens (including phenoxy) is 4. The van der Waals surface area contributed by atoms with E-state index in [-0.39, 0.29) is 13.2 Å². The van der Waals surface area contributed by atoms with Crippen LogP contribution in [0.25, 0.3) is 0 Å². The van der Waals surface area contributed by atoms with Gasteiger partial charge in [-0.25, -0.2) is 9.59 Å². The molecule has 1 unspecified atom stereocenters. The molecule has 0 bridgehead atoms. The highest BCUT2D eigenvalue weighted by Gasteiger charge is 2.33. The second-order valence-corrected chi connectivity index (χ2v) is 4.76. The molecule has 1 atom stereocenters. The Balaban J connectivity index is 2.01. The van der Waals surface area contributed by atoms with Crippen LogP contribution in [0.15, 0.2) is 18.2 Å². The van der Waals surface area contributed by atoms with Gasteiger partial charge in [-0.1, -0.05) is 0 Å². The zero-order valence-electron chi connectivity index (χ0n) is 13.3. The molecule has 0 spiro atoms. The zero-order chi connectivity index (χ0) is 16.8. The van der Waals surface area contributed by atoms with Gasteiger partial charge < -0.3 is 24.3 Å². The Morgan fingerprint density at radius 2 is 2.09 bits per heavy atom. The van der Waals surface area contributed by atoms with Gasteiger partial charge in [0.1, 0.15) is 6.10 Å². The lowest BCUT2D eigenvalue weighted by atomic mass is 10.2. The van der Waals surface area contributed by atoms with E-state index < -0.39 is 18.3 Å². The van der Waals surface area contributed by atoms with Crippen molar-refractivity contribution in [3.63, 3.8) is 0 Å². The molecule has 8 heteroatoms. The first-order chi connectivity index (χ1) is 11.1. The summed E-state index contributed by atoms with van der Waals surface area (Å²) in [5.41, 5.74) is 0.631. The first kappa shape index (κ1) is 16.7. The van der Waals surface area contributed by atoms with E-state index in [9.17, 15) is 9.59 Å². The van der Waals surface area contributed by atoms with Crippen LogP contribution in [0.3, 0.4) is 0 Å². The van der Waals surface area contributed by atoms with Crippen LogP contribution in [-0.2, 0) is 9.47 Å². The number of amides is 2. The number of carbonyl (C=O) groups is 2. The lowest BCUT2D eigenvalue weighted by Crippen LogP contribution is -2.34. The second-order valence-electron chi connectivity index (χ2n) is 4.76. The minimum Gasteiger partial charge on any atom is -0.493 e. The van der Waals surface area contributed by atoms with Crippen molar-refractivity contribution in [2.75, 3.05) is 38.8 Å². The number of carbonyl (C=O) groups excluding carboxylic acids is 2. The number of hydrogen-bond acceptors (Lipinski definition) is 6. The second kappa shape index (κ2) is 7.57. The van der Waals surface area contributed by atoms with Crippen molar-refractivity contribution in [3.05, 3.63) is 18.2 Å². The van der Waals surface area contributed by atoms with E-state index in [1.54, 1.807) is 32.2 Å². The predicted molar refractivity (Wildman–Crippen MR) is 82.2 cm³/mol. The molecule has 8 nitrogen and oxygen atoms in total. The van der Waals surface area contributed by atoms with Crippen molar-refractivity contribution in [2.24, 2.45) is 0 Å². The molecule has 1 fully saturated rings. The fourth-order valence-corrected chi connectivity index (χ4v) is 2.21. The predicted octanol–water partition coefficient (Wildman–Crippen LogP) is 1.78. The number of cyclic esters (lactones) is 1. The summed E-state index contributed by atoms with van der Waals surface area (Å²) in [4.78, 5) is 24.7. The number of nitrogens with one attached hydrogen (secondary N) is 1. The summed E-state index contributed by atoms with van der Waals surface area (Å²) in [6.45, 7) is 2.51.